The van der Waals surface area contributed by atoms with Crippen molar-refractivity contribution < 1.29 is 22.7 Å². The van der Waals surface area contributed by atoms with Crippen LogP contribution in [0.4, 0.5) is 0 Å². The van der Waals surface area contributed by atoms with E-state index < -0.39 is 10.0 Å². The van der Waals surface area contributed by atoms with Gasteiger partial charge in [-0.3, -0.25) is 4.79 Å². The lowest BCUT2D eigenvalue weighted by molar-refractivity contribution is 0.0951. The van der Waals surface area contributed by atoms with Gasteiger partial charge in [0.05, 0.1) is 11.3 Å². The number of carbonyl (C=O) groups is 1. The summed E-state index contributed by atoms with van der Waals surface area (Å²) >= 11 is 0. The van der Waals surface area contributed by atoms with Gasteiger partial charge >= 0.3 is 0 Å². The van der Waals surface area contributed by atoms with Crippen LogP contribution >= 0.6 is 0 Å². The molecule has 1 aromatic rings. The van der Waals surface area contributed by atoms with Crippen LogP contribution in [0.15, 0.2) is 18.2 Å². The van der Waals surface area contributed by atoms with Crippen molar-refractivity contribution in [3.05, 3.63) is 23.8 Å². The van der Waals surface area contributed by atoms with Crippen molar-refractivity contribution in [2.45, 2.75) is 51.4 Å². The number of ketones is 1. The molecule has 7 nitrogen and oxygen atoms in total. The first kappa shape index (κ1) is 23.5. The van der Waals surface area contributed by atoms with Crippen LogP contribution < -0.4 is 9.47 Å². The van der Waals surface area contributed by atoms with Crippen molar-refractivity contribution in [2.24, 2.45) is 5.92 Å². The van der Waals surface area contributed by atoms with Crippen LogP contribution in [0.1, 0.15) is 61.7 Å². The molecule has 0 unspecified atom stereocenters. The van der Waals surface area contributed by atoms with E-state index in [1.807, 2.05) is 18.2 Å². The van der Waals surface area contributed by atoms with Crippen LogP contribution in [0, 0.1) is 5.92 Å². The number of nitrogens with zero attached hydrogens (tertiary/aromatic N) is 2. The molecule has 1 aromatic carbocycles. The summed E-state index contributed by atoms with van der Waals surface area (Å²) in [6.45, 7) is 5.20. The topological polar surface area (TPSA) is 76.2 Å². The van der Waals surface area contributed by atoms with Crippen LogP contribution in [0.2, 0.25) is 0 Å². The first-order chi connectivity index (χ1) is 15.5. The third-order valence-electron chi connectivity index (χ3n) is 6.94. The van der Waals surface area contributed by atoms with Gasteiger partial charge in [-0.15, -0.1) is 0 Å². The molecule has 0 atom stereocenters. The van der Waals surface area contributed by atoms with Crippen molar-refractivity contribution in [1.29, 1.82) is 0 Å². The minimum Gasteiger partial charge on any atom is -0.486 e. The van der Waals surface area contributed by atoms with Crippen LogP contribution in [-0.2, 0) is 10.0 Å². The summed E-state index contributed by atoms with van der Waals surface area (Å²) < 4.78 is 37.9. The number of hydrogen-bond acceptors (Lipinski definition) is 6. The Hall–Kier alpha value is -1.64. The Labute approximate surface area is 192 Å². The minimum absolute atomic E-state index is 0.123. The van der Waals surface area contributed by atoms with E-state index in [-0.39, 0.29) is 11.5 Å². The average molecular weight is 465 g/mol. The molecule has 4 rings (SSSR count). The summed E-state index contributed by atoms with van der Waals surface area (Å²) in [5.74, 6) is 2.19. The van der Waals surface area contributed by atoms with Gasteiger partial charge in [-0.1, -0.05) is 12.5 Å². The Balaban J connectivity index is 1.16. The van der Waals surface area contributed by atoms with E-state index in [0.29, 0.717) is 62.1 Å². The van der Waals surface area contributed by atoms with Crippen molar-refractivity contribution in [3.8, 4) is 11.5 Å². The normalized spacial score (nSPS) is 20.9. The van der Waals surface area contributed by atoms with Crippen molar-refractivity contribution in [1.82, 2.24) is 9.21 Å². The van der Waals surface area contributed by atoms with Gasteiger partial charge in [0.25, 0.3) is 0 Å². The van der Waals surface area contributed by atoms with E-state index in [2.05, 4.69) is 4.90 Å². The van der Waals surface area contributed by atoms with Crippen molar-refractivity contribution in [3.63, 3.8) is 0 Å². The molecule has 3 aliphatic rings. The highest BCUT2D eigenvalue weighted by Crippen LogP contribution is 2.35. The van der Waals surface area contributed by atoms with Gasteiger partial charge in [-0.2, -0.15) is 0 Å². The third-order valence-corrected chi connectivity index (χ3v) is 8.89. The summed E-state index contributed by atoms with van der Waals surface area (Å²) in [5.41, 5.74) is 0.634. The second kappa shape index (κ2) is 11.0. The maximum atomic E-state index is 12.8. The fraction of sp³-hybridized carbons (Fsp3) is 0.708. The predicted molar refractivity (Wildman–Crippen MR) is 124 cm³/mol. The van der Waals surface area contributed by atoms with Gasteiger partial charge in [0.1, 0.15) is 13.2 Å². The number of rotatable bonds is 9. The lowest BCUT2D eigenvalue weighted by Crippen LogP contribution is -2.39. The van der Waals surface area contributed by atoms with Gasteiger partial charge in [-0.05, 0) is 76.2 Å². The molecule has 0 radical (unpaired) electrons. The molecule has 2 saturated heterocycles. The van der Waals surface area contributed by atoms with E-state index in [0.717, 1.165) is 58.2 Å². The highest BCUT2D eigenvalue weighted by Gasteiger charge is 2.25. The lowest BCUT2D eigenvalue weighted by Gasteiger charge is -2.32. The molecule has 0 amide bonds. The first-order valence-electron chi connectivity index (χ1n) is 12.1. The summed E-state index contributed by atoms with van der Waals surface area (Å²) in [6.07, 6.45) is 7.37. The van der Waals surface area contributed by atoms with E-state index in [4.69, 9.17) is 9.47 Å². The van der Waals surface area contributed by atoms with E-state index >= 15 is 0 Å². The molecule has 0 N–H and O–H groups in total. The van der Waals surface area contributed by atoms with Gasteiger partial charge in [0, 0.05) is 19.5 Å². The monoisotopic (exact) mass is 464 g/mol. The SMILES string of the molecule is O=C(CCC1CCN(CCCS(=O)(=O)N2CCCCC2)CC1)c1cccc2c1OCCO2. The first-order valence-corrected chi connectivity index (χ1v) is 13.8. The standard InChI is InChI=1S/C24H36N2O5S/c27-22(21-6-4-7-23-24(21)31-18-17-30-23)9-8-20-10-15-25(16-11-20)12-5-19-32(28,29)26-13-2-1-3-14-26/h4,6-7,20H,1-3,5,8-19H2. The molecule has 0 spiro atoms. The van der Waals surface area contributed by atoms with E-state index in [9.17, 15) is 13.2 Å². The average Bonchev–Trinajstić information content (AvgIpc) is 2.83. The molecule has 8 heteroatoms. The third kappa shape index (κ3) is 6.02. The molecule has 3 heterocycles. The van der Waals surface area contributed by atoms with Crippen LogP contribution in [0.25, 0.3) is 0 Å². The predicted octanol–water partition coefficient (Wildman–Crippen LogP) is 3.34. The minimum atomic E-state index is -3.10. The number of para-hydroxylation sites is 1. The smallest absolute Gasteiger partial charge is 0.214 e. The second-order valence-electron chi connectivity index (χ2n) is 9.21. The summed E-state index contributed by atoms with van der Waals surface area (Å²) in [4.78, 5) is 15.2. The number of ether oxygens (including phenoxy) is 2. The lowest BCUT2D eigenvalue weighted by atomic mass is 9.90. The largest absolute Gasteiger partial charge is 0.486 e. The molecule has 2 fully saturated rings. The Morgan fingerprint density at radius 3 is 2.53 bits per heavy atom. The molecule has 178 valence electrons. The van der Waals surface area contributed by atoms with E-state index in [1.165, 1.54) is 0 Å². The molecular formula is C24H36N2O5S. The van der Waals surface area contributed by atoms with Crippen LogP contribution in [0.3, 0.4) is 0 Å². The number of Topliss-reactive ketones (excluding diaryl/α,β-unsaturated/α-hetero) is 1. The Bertz CT molecular complexity index is 874. The fourth-order valence-electron chi connectivity index (χ4n) is 5.00. The molecule has 0 saturated carbocycles. The zero-order valence-electron chi connectivity index (χ0n) is 19.0. The molecule has 3 aliphatic heterocycles. The molecule has 0 aliphatic carbocycles. The van der Waals surface area contributed by atoms with Crippen LogP contribution in [0.5, 0.6) is 11.5 Å². The fourth-order valence-corrected chi connectivity index (χ4v) is 6.57. The number of sulfonamides is 1. The molecule has 0 aromatic heterocycles. The molecular weight excluding hydrogens is 428 g/mol. The zero-order chi connectivity index (χ0) is 22.4. The number of piperidine rings is 2. The number of hydrogen-bond donors (Lipinski definition) is 0. The number of benzene rings is 1. The highest BCUT2D eigenvalue weighted by molar-refractivity contribution is 7.89. The Kier molecular flexibility index (Phi) is 8.07. The summed E-state index contributed by atoms with van der Waals surface area (Å²) in [5, 5.41) is 0. The van der Waals surface area contributed by atoms with Crippen LogP contribution in [-0.4, -0.2) is 75.1 Å². The highest BCUT2D eigenvalue weighted by atomic mass is 32.2. The number of carbonyl (C=O) groups excluding carboxylic acids is 1. The van der Waals surface area contributed by atoms with Crippen molar-refractivity contribution >= 4 is 15.8 Å². The Morgan fingerprint density at radius 2 is 1.75 bits per heavy atom. The van der Waals surface area contributed by atoms with Gasteiger partial charge < -0.3 is 14.4 Å². The van der Waals surface area contributed by atoms with Gasteiger partial charge in [-0.25, -0.2) is 12.7 Å². The van der Waals surface area contributed by atoms with Gasteiger partial charge in [0.15, 0.2) is 17.3 Å². The van der Waals surface area contributed by atoms with Crippen molar-refractivity contribution in [2.75, 3.05) is 51.7 Å². The quantitative estimate of drug-likeness (QED) is 0.522. The Morgan fingerprint density at radius 1 is 1.00 bits per heavy atom. The second-order valence-corrected chi connectivity index (χ2v) is 11.3. The maximum absolute atomic E-state index is 12.8. The van der Waals surface area contributed by atoms with E-state index in [1.54, 1.807) is 4.31 Å². The zero-order valence-corrected chi connectivity index (χ0v) is 19.8. The molecule has 32 heavy (non-hydrogen) atoms. The van der Waals surface area contributed by atoms with Gasteiger partial charge in [0.2, 0.25) is 10.0 Å². The maximum Gasteiger partial charge on any atom is 0.214 e. The molecule has 0 bridgehead atoms. The number of likely N-dealkylation sites (tertiary alicyclic amines) is 1. The summed E-state index contributed by atoms with van der Waals surface area (Å²) in [7, 11) is -3.10. The number of fused-ring (bicyclic) bond motifs is 1. The summed E-state index contributed by atoms with van der Waals surface area (Å²) in [6, 6.07) is 5.53.